The maximum Gasteiger partial charge on any atom is 0.268 e. The molecule has 1 aromatic heterocycles. The summed E-state index contributed by atoms with van der Waals surface area (Å²) in [6, 6.07) is 9.88. The third-order valence-electron chi connectivity index (χ3n) is 3.46. The molecule has 8 heteroatoms. The van der Waals surface area contributed by atoms with Crippen molar-refractivity contribution in [3.05, 3.63) is 59.2 Å². The van der Waals surface area contributed by atoms with Crippen molar-refractivity contribution in [1.29, 1.82) is 0 Å². The zero-order valence-corrected chi connectivity index (χ0v) is 13.2. The van der Waals surface area contributed by atoms with Gasteiger partial charge in [-0.15, -0.1) is 0 Å². The molecule has 0 aliphatic carbocycles. The van der Waals surface area contributed by atoms with Crippen LogP contribution in [-0.2, 0) is 10.0 Å². The predicted octanol–water partition coefficient (Wildman–Crippen LogP) is 4.05. The van der Waals surface area contributed by atoms with Crippen LogP contribution in [0.1, 0.15) is 12.0 Å². The molecule has 0 aliphatic heterocycles. The van der Waals surface area contributed by atoms with E-state index in [1.54, 1.807) is 0 Å². The van der Waals surface area contributed by atoms with Gasteiger partial charge in [0.15, 0.2) is 0 Å². The first kappa shape index (κ1) is 15.8. The van der Waals surface area contributed by atoms with Gasteiger partial charge in [-0.05, 0) is 36.4 Å². The lowest BCUT2D eigenvalue weighted by molar-refractivity contribution is 0.153. The van der Waals surface area contributed by atoms with E-state index in [1.165, 1.54) is 42.5 Å². The largest absolute Gasteiger partial charge is 0.398 e. The van der Waals surface area contributed by atoms with Gasteiger partial charge < -0.3 is 5.73 Å². The molecule has 0 atom stereocenters. The van der Waals surface area contributed by atoms with Crippen LogP contribution in [0.4, 0.5) is 14.5 Å². The Morgan fingerprint density at radius 3 is 2.35 bits per heavy atom. The number of nitrogen functional groups attached to an aromatic ring is 1. The van der Waals surface area contributed by atoms with Crippen molar-refractivity contribution in [3.63, 3.8) is 0 Å². The van der Waals surface area contributed by atoms with E-state index < -0.39 is 22.0 Å². The smallest absolute Gasteiger partial charge is 0.268 e. The van der Waals surface area contributed by atoms with Gasteiger partial charge in [0, 0.05) is 27.9 Å². The third kappa shape index (κ3) is 2.55. The molecule has 0 saturated heterocycles. The highest BCUT2D eigenvalue weighted by atomic mass is 35.5. The minimum Gasteiger partial charge on any atom is -0.398 e. The molecule has 23 heavy (non-hydrogen) atoms. The Morgan fingerprint density at radius 1 is 1.09 bits per heavy atom. The number of anilines is 1. The van der Waals surface area contributed by atoms with Crippen LogP contribution in [0, 0.1) is 0 Å². The number of fused-ring (bicyclic) bond motifs is 1. The Morgan fingerprint density at radius 2 is 1.74 bits per heavy atom. The average molecular weight is 357 g/mol. The second kappa shape index (κ2) is 5.50. The highest BCUT2D eigenvalue weighted by Gasteiger charge is 2.25. The van der Waals surface area contributed by atoms with E-state index in [1.807, 2.05) is 0 Å². The van der Waals surface area contributed by atoms with Gasteiger partial charge in [0.2, 0.25) is 0 Å². The molecular formula is C15H11ClF2N2O2S. The molecule has 0 bridgehead atoms. The van der Waals surface area contributed by atoms with Crippen LogP contribution in [0.15, 0.2) is 53.6 Å². The van der Waals surface area contributed by atoms with E-state index in [2.05, 4.69) is 0 Å². The molecule has 0 radical (unpaired) electrons. The lowest BCUT2D eigenvalue weighted by atomic mass is 10.1. The zero-order valence-electron chi connectivity index (χ0n) is 11.6. The fourth-order valence-corrected chi connectivity index (χ4v) is 3.90. The number of nitrogens with two attached hydrogens (primary N) is 1. The van der Waals surface area contributed by atoms with E-state index in [4.69, 9.17) is 17.3 Å². The fraction of sp³-hybridized carbons (Fsp3) is 0.0667. The molecule has 2 N–H and O–H groups in total. The van der Waals surface area contributed by atoms with Crippen LogP contribution in [0.5, 0.6) is 0 Å². The van der Waals surface area contributed by atoms with E-state index in [0.29, 0.717) is 5.02 Å². The van der Waals surface area contributed by atoms with E-state index in [-0.39, 0.29) is 21.5 Å². The maximum atomic E-state index is 13.3. The van der Waals surface area contributed by atoms with Crippen molar-refractivity contribution >= 4 is 38.2 Å². The summed E-state index contributed by atoms with van der Waals surface area (Å²) < 4.78 is 52.8. The number of halogens is 3. The lowest BCUT2D eigenvalue weighted by Gasteiger charge is -2.08. The summed E-state index contributed by atoms with van der Waals surface area (Å²) in [5.41, 5.74) is 5.54. The first-order valence-corrected chi connectivity index (χ1v) is 8.33. The van der Waals surface area contributed by atoms with Crippen molar-refractivity contribution < 1.29 is 17.2 Å². The first-order chi connectivity index (χ1) is 10.8. The molecule has 0 fully saturated rings. The summed E-state index contributed by atoms with van der Waals surface area (Å²) in [4.78, 5) is -0.0537. The Labute approximate surface area is 136 Å². The van der Waals surface area contributed by atoms with Crippen molar-refractivity contribution in [1.82, 2.24) is 3.97 Å². The van der Waals surface area contributed by atoms with Gasteiger partial charge in [0.05, 0.1) is 10.4 Å². The van der Waals surface area contributed by atoms with Gasteiger partial charge in [-0.1, -0.05) is 17.7 Å². The number of hydrogen-bond acceptors (Lipinski definition) is 3. The second-order valence-electron chi connectivity index (χ2n) is 4.88. The van der Waals surface area contributed by atoms with Gasteiger partial charge in [-0.3, -0.25) is 0 Å². The van der Waals surface area contributed by atoms with Crippen LogP contribution >= 0.6 is 11.6 Å². The molecule has 120 valence electrons. The van der Waals surface area contributed by atoms with E-state index in [9.17, 15) is 17.2 Å². The molecule has 2 aromatic carbocycles. The van der Waals surface area contributed by atoms with Gasteiger partial charge >= 0.3 is 0 Å². The summed E-state index contributed by atoms with van der Waals surface area (Å²) in [5.74, 6) is 0. The summed E-state index contributed by atoms with van der Waals surface area (Å²) in [7, 11) is -4.04. The van der Waals surface area contributed by atoms with Crippen LogP contribution in [0.3, 0.4) is 0 Å². The zero-order chi connectivity index (χ0) is 16.8. The summed E-state index contributed by atoms with van der Waals surface area (Å²) in [6.45, 7) is 0. The Bertz CT molecular complexity index is 983. The van der Waals surface area contributed by atoms with Crippen molar-refractivity contribution in [3.8, 4) is 0 Å². The molecule has 0 aliphatic rings. The monoisotopic (exact) mass is 356 g/mol. The molecule has 3 aromatic rings. The number of hydrogen-bond donors (Lipinski definition) is 1. The van der Waals surface area contributed by atoms with Crippen molar-refractivity contribution in [2.24, 2.45) is 0 Å². The second-order valence-corrected chi connectivity index (χ2v) is 7.13. The maximum absolute atomic E-state index is 13.3. The van der Waals surface area contributed by atoms with Crippen molar-refractivity contribution in [2.45, 2.75) is 11.3 Å². The molecule has 0 spiro atoms. The van der Waals surface area contributed by atoms with Gasteiger partial charge in [-0.2, -0.15) is 0 Å². The third-order valence-corrected chi connectivity index (χ3v) is 5.40. The topological polar surface area (TPSA) is 65.1 Å². The highest BCUT2D eigenvalue weighted by molar-refractivity contribution is 7.90. The number of rotatable bonds is 3. The van der Waals surface area contributed by atoms with Crippen LogP contribution < -0.4 is 5.73 Å². The molecule has 1 heterocycles. The SMILES string of the molecule is Nc1cccc2c1c(C(F)F)cn2S(=O)(=O)c1ccc(Cl)cc1. The highest BCUT2D eigenvalue weighted by Crippen LogP contribution is 2.35. The van der Waals surface area contributed by atoms with E-state index >= 15 is 0 Å². The van der Waals surface area contributed by atoms with Crippen LogP contribution in [0.2, 0.25) is 5.02 Å². The molecule has 4 nitrogen and oxygen atoms in total. The number of nitrogens with zero attached hydrogens (tertiary/aromatic N) is 1. The summed E-state index contributed by atoms with van der Waals surface area (Å²) >= 11 is 5.75. The number of alkyl halides is 2. The van der Waals surface area contributed by atoms with Crippen LogP contribution in [-0.4, -0.2) is 12.4 Å². The normalized spacial score (nSPS) is 12.2. The number of aromatic nitrogens is 1. The van der Waals surface area contributed by atoms with Gasteiger partial charge in [0.25, 0.3) is 16.4 Å². The minimum atomic E-state index is -4.04. The molecular weight excluding hydrogens is 346 g/mol. The minimum absolute atomic E-state index is 0.0417. The fourth-order valence-electron chi connectivity index (χ4n) is 2.40. The lowest BCUT2D eigenvalue weighted by Crippen LogP contribution is -2.11. The van der Waals surface area contributed by atoms with Crippen LogP contribution in [0.25, 0.3) is 10.9 Å². The molecule has 0 amide bonds. The first-order valence-electron chi connectivity index (χ1n) is 6.51. The Kier molecular flexibility index (Phi) is 3.77. The Balaban J connectivity index is 2.32. The predicted molar refractivity (Wildman–Crippen MR) is 85.3 cm³/mol. The van der Waals surface area contributed by atoms with Crippen molar-refractivity contribution in [2.75, 3.05) is 5.73 Å². The molecule has 3 rings (SSSR count). The van der Waals surface area contributed by atoms with Gasteiger partial charge in [0.1, 0.15) is 0 Å². The summed E-state index contributed by atoms with van der Waals surface area (Å²) in [5, 5.41) is 0.416. The van der Waals surface area contributed by atoms with Gasteiger partial charge in [-0.25, -0.2) is 21.2 Å². The molecule has 0 saturated carbocycles. The Hall–Kier alpha value is -2.12. The quantitative estimate of drug-likeness (QED) is 0.720. The molecule has 0 unspecified atom stereocenters. The number of benzene rings is 2. The standard InChI is InChI=1S/C15H11ClF2N2O2S/c16-9-4-6-10(7-5-9)23(21,22)20-8-11(15(17)18)14-12(19)2-1-3-13(14)20/h1-8,15H,19H2. The summed E-state index contributed by atoms with van der Waals surface area (Å²) in [6.07, 6.45) is -1.93. The average Bonchev–Trinajstić information content (AvgIpc) is 2.89. The van der Waals surface area contributed by atoms with E-state index in [0.717, 1.165) is 10.2 Å².